The Hall–Kier alpha value is -3.31. The van der Waals surface area contributed by atoms with Crippen LogP contribution in [0.5, 0.6) is 0 Å². The number of carbonyl (C=O) groups is 2. The number of anilines is 1. The summed E-state index contributed by atoms with van der Waals surface area (Å²) in [5.41, 5.74) is 1.27. The molecule has 1 aliphatic heterocycles. The van der Waals surface area contributed by atoms with E-state index in [1.165, 1.54) is 40.7 Å². The fourth-order valence-electron chi connectivity index (χ4n) is 3.55. The van der Waals surface area contributed by atoms with Gasteiger partial charge in [0.2, 0.25) is 10.0 Å². The monoisotopic (exact) mass is 475 g/mol. The minimum atomic E-state index is -3.74. The topological polar surface area (TPSA) is 136 Å². The number of nitro benzene ring substituents is 1. The summed E-state index contributed by atoms with van der Waals surface area (Å²) in [6, 6.07) is 8.23. The standard InChI is InChI=1S/C22H25N3O7S/c1-15-6-7-17(13-20(15)33(30,31)24-10-4-3-5-11-24)22(27)32-14-21(26)23-19-9-8-18(25(28)29)12-16(19)2/h6-9,12-13H,3-5,10-11,14H2,1-2H3,(H,23,26). The molecule has 11 heteroatoms. The van der Waals surface area contributed by atoms with Crippen LogP contribution in [0.2, 0.25) is 0 Å². The molecule has 2 aromatic rings. The SMILES string of the molecule is Cc1cc([N+](=O)[O-])ccc1NC(=O)COC(=O)c1ccc(C)c(S(=O)(=O)N2CCCCC2)c1. The van der Waals surface area contributed by atoms with E-state index < -0.39 is 33.4 Å². The molecular weight excluding hydrogens is 450 g/mol. The quantitative estimate of drug-likeness (QED) is 0.369. The van der Waals surface area contributed by atoms with Gasteiger partial charge >= 0.3 is 5.97 Å². The molecule has 0 aromatic heterocycles. The number of esters is 1. The molecule has 10 nitrogen and oxygen atoms in total. The number of nitrogens with one attached hydrogen (secondary N) is 1. The van der Waals surface area contributed by atoms with Gasteiger partial charge in [-0.15, -0.1) is 0 Å². The smallest absolute Gasteiger partial charge is 0.338 e. The van der Waals surface area contributed by atoms with Crippen LogP contribution >= 0.6 is 0 Å². The summed E-state index contributed by atoms with van der Waals surface area (Å²) in [5.74, 6) is -1.46. The van der Waals surface area contributed by atoms with Gasteiger partial charge in [-0.25, -0.2) is 13.2 Å². The van der Waals surface area contributed by atoms with Crippen LogP contribution in [0.3, 0.4) is 0 Å². The molecule has 1 saturated heterocycles. The molecule has 1 heterocycles. The van der Waals surface area contributed by atoms with E-state index in [0.29, 0.717) is 29.9 Å². The molecule has 33 heavy (non-hydrogen) atoms. The number of rotatable bonds is 7. The van der Waals surface area contributed by atoms with Gasteiger partial charge in [0.1, 0.15) is 0 Å². The summed E-state index contributed by atoms with van der Waals surface area (Å²) in [5, 5.41) is 13.3. The van der Waals surface area contributed by atoms with Crippen molar-refractivity contribution in [1.29, 1.82) is 0 Å². The molecule has 0 atom stereocenters. The number of hydrogen-bond acceptors (Lipinski definition) is 7. The molecule has 2 aromatic carbocycles. The maximum atomic E-state index is 13.0. The van der Waals surface area contributed by atoms with E-state index in [0.717, 1.165) is 19.3 Å². The van der Waals surface area contributed by atoms with Gasteiger partial charge in [-0.2, -0.15) is 4.31 Å². The number of nitro groups is 1. The first-order valence-electron chi connectivity index (χ1n) is 10.4. The average molecular weight is 476 g/mol. The normalized spacial score (nSPS) is 14.5. The number of ether oxygens (including phenoxy) is 1. The number of nitrogens with zero attached hydrogens (tertiary/aromatic N) is 2. The lowest BCUT2D eigenvalue weighted by Gasteiger charge is -2.26. The lowest BCUT2D eigenvalue weighted by Crippen LogP contribution is -2.36. The largest absolute Gasteiger partial charge is 0.452 e. The number of sulfonamides is 1. The zero-order valence-corrected chi connectivity index (χ0v) is 19.2. The molecule has 1 aliphatic rings. The molecule has 0 bridgehead atoms. The maximum Gasteiger partial charge on any atom is 0.338 e. The van der Waals surface area contributed by atoms with Crippen molar-refractivity contribution < 1.29 is 27.7 Å². The summed E-state index contributed by atoms with van der Waals surface area (Å²) in [7, 11) is -3.74. The number of benzene rings is 2. The van der Waals surface area contributed by atoms with Crippen LogP contribution < -0.4 is 5.32 Å². The molecule has 0 unspecified atom stereocenters. The summed E-state index contributed by atoms with van der Waals surface area (Å²) >= 11 is 0. The fraction of sp³-hybridized carbons (Fsp3) is 0.364. The van der Waals surface area contributed by atoms with Crippen molar-refractivity contribution >= 4 is 33.3 Å². The van der Waals surface area contributed by atoms with Gasteiger partial charge in [0.15, 0.2) is 6.61 Å². The molecule has 1 N–H and O–H groups in total. The highest BCUT2D eigenvalue weighted by Gasteiger charge is 2.28. The molecule has 1 amide bonds. The van der Waals surface area contributed by atoms with Crippen molar-refractivity contribution in [3.8, 4) is 0 Å². The Bertz CT molecular complexity index is 1190. The molecule has 0 spiro atoms. The number of non-ortho nitro benzene ring substituents is 1. The van der Waals surface area contributed by atoms with E-state index in [4.69, 9.17) is 4.74 Å². The van der Waals surface area contributed by atoms with Crippen molar-refractivity contribution in [2.75, 3.05) is 25.0 Å². The lowest BCUT2D eigenvalue weighted by atomic mass is 10.1. The highest BCUT2D eigenvalue weighted by molar-refractivity contribution is 7.89. The van der Waals surface area contributed by atoms with Crippen LogP contribution in [0.15, 0.2) is 41.3 Å². The Labute approximate surface area is 191 Å². The Morgan fingerprint density at radius 1 is 1.06 bits per heavy atom. The van der Waals surface area contributed by atoms with E-state index >= 15 is 0 Å². The molecule has 3 rings (SSSR count). The van der Waals surface area contributed by atoms with Crippen molar-refractivity contribution in [1.82, 2.24) is 4.31 Å². The van der Waals surface area contributed by atoms with Gasteiger partial charge in [0.25, 0.3) is 11.6 Å². The Morgan fingerprint density at radius 3 is 2.39 bits per heavy atom. The first-order valence-corrected chi connectivity index (χ1v) is 11.9. The highest BCUT2D eigenvalue weighted by Crippen LogP contribution is 2.25. The third kappa shape index (κ3) is 5.74. The van der Waals surface area contributed by atoms with Crippen molar-refractivity contribution in [3.63, 3.8) is 0 Å². The molecule has 0 saturated carbocycles. The predicted molar refractivity (Wildman–Crippen MR) is 121 cm³/mol. The summed E-state index contributed by atoms with van der Waals surface area (Å²) in [6.45, 7) is 3.55. The molecule has 176 valence electrons. The average Bonchev–Trinajstić information content (AvgIpc) is 2.79. The second-order valence-corrected chi connectivity index (χ2v) is 9.73. The Balaban J connectivity index is 1.66. The van der Waals surface area contributed by atoms with E-state index in [9.17, 15) is 28.1 Å². The fourth-order valence-corrected chi connectivity index (χ4v) is 5.32. The van der Waals surface area contributed by atoms with Crippen molar-refractivity contribution in [2.24, 2.45) is 0 Å². The number of carbonyl (C=O) groups excluding carboxylic acids is 2. The van der Waals surface area contributed by atoms with Gasteiger partial charge in [0, 0.05) is 30.9 Å². The summed E-state index contributed by atoms with van der Waals surface area (Å²) in [4.78, 5) is 35.0. The van der Waals surface area contributed by atoms with Crippen LogP contribution in [0.1, 0.15) is 40.7 Å². The number of aryl methyl sites for hydroxylation is 2. The first kappa shape index (κ1) is 24.3. The van der Waals surface area contributed by atoms with Crippen LogP contribution in [0.25, 0.3) is 0 Å². The van der Waals surface area contributed by atoms with Crippen molar-refractivity contribution in [3.05, 3.63) is 63.2 Å². The molecule has 1 fully saturated rings. The first-order chi connectivity index (χ1) is 15.6. The van der Waals surface area contributed by atoms with Crippen molar-refractivity contribution in [2.45, 2.75) is 38.0 Å². The van der Waals surface area contributed by atoms with Crippen LogP contribution in [-0.4, -0.2) is 49.2 Å². The van der Waals surface area contributed by atoms with Gasteiger partial charge in [-0.1, -0.05) is 12.5 Å². The van der Waals surface area contributed by atoms with E-state index in [1.807, 2.05) is 0 Å². The van der Waals surface area contributed by atoms with Crippen LogP contribution in [0, 0.1) is 24.0 Å². The lowest BCUT2D eigenvalue weighted by molar-refractivity contribution is -0.384. The third-order valence-electron chi connectivity index (χ3n) is 5.39. The summed E-state index contributed by atoms with van der Waals surface area (Å²) < 4.78 is 32.5. The van der Waals surface area contributed by atoms with Gasteiger partial charge < -0.3 is 10.1 Å². The number of piperidine rings is 1. The highest BCUT2D eigenvalue weighted by atomic mass is 32.2. The minimum Gasteiger partial charge on any atom is -0.452 e. The van der Waals surface area contributed by atoms with E-state index in [-0.39, 0.29) is 16.1 Å². The second kappa shape index (κ2) is 10.1. The number of amides is 1. The molecular formula is C22H25N3O7S. The zero-order chi connectivity index (χ0) is 24.2. The Kier molecular flexibility index (Phi) is 7.44. The Morgan fingerprint density at radius 2 is 1.76 bits per heavy atom. The van der Waals surface area contributed by atoms with E-state index in [1.54, 1.807) is 13.8 Å². The van der Waals surface area contributed by atoms with Gasteiger partial charge in [0.05, 0.1) is 15.4 Å². The maximum absolute atomic E-state index is 13.0. The minimum absolute atomic E-state index is 0.0236. The third-order valence-corrected chi connectivity index (χ3v) is 7.43. The molecule has 0 aliphatic carbocycles. The second-order valence-electron chi connectivity index (χ2n) is 7.83. The van der Waals surface area contributed by atoms with Gasteiger partial charge in [-0.05, 0) is 56.0 Å². The van der Waals surface area contributed by atoms with Gasteiger partial charge in [-0.3, -0.25) is 14.9 Å². The zero-order valence-electron chi connectivity index (χ0n) is 18.4. The molecule has 0 radical (unpaired) electrons. The van der Waals surface area contributed by atoms with E-state index in [2.05, 4.69) is 5.32 Å². The predicted octanol–water partition coefficient (Wildman–Crippen LogP) is 3.18. The summed E-state index contributed by atoms with van der Waals surface area (Å²) in [6.07, 6.45) is 2.57. The van der Waals surface area contributed by atoms with Crippen LogP contribution in [0.4, 0.5) is 11.4 Å². The number of hydrogen-bond donors (Lipinski definition) is 1. The van der Waals surface area contributed by atoms with Crippen LogP contribution in [-0.2, 0) is 19.6 Å².